The van der Waals surface area contributed by atoms with E-state index in [2.05, 4.69) is 0 Å². The van der Waals surface area contributed by atoms with E-state index in [-0.39, 0.29) is 17.6 Å². The predicted molar refractivity (Wildman–Crippen MR) is 92.8 cm³/mol. The summed E-state index contributed by atoms with van der Waals surface area (Å²) in [5.74, 6) is -0.186. The van der Waals surface area contributed by atoms with Gasteiger partial charge in [0.05, 0.1) is 11.7 Å². The van der Waals surface area contributed by atoms with Crippen LogP contribution in [0, 0.1) is 0 Å². The van der Waals surface area contributed by atoms with Crippen LogP contribution < -0.4 is 0 Å². The number of hydrogen-bond donors (Lipinski definition) is 0. The van der Waals surface area contributed by atoms with Gasteiger partial charge in [-0.3, -0.25) is 4.79 Å². The average Bonchev–Trinajstić information content (AvgIpc) is 2.85. The number of benzene rings is 2. The van der Waals surface area contributed by atoms with Crippen molar-refractivity contribution in [3.8, 4) is 11.1 Å². The molecule has 0 spiro atoms. The van der Waals surface area contributed by atoms with Crippen molar-refractivity contribution in [3.63, 3.8) is 0 Å². The van der Waals surface area contributed by atoms with Gasteiger partial charge in [0.15, 0.2) is 0 Å². The Morgan fingerprint density at radius 2 is 1.92 bits per heavy atom. The van der Waals surface area contributed by atoms with E-state index in [0.29, 0.717) is 30.8 Å². The van der Waals surface area contributed by atoms with E-state index in [1.54, 1.807) is 29.2 Å². The number of ether oxygens (including phenoxy) is 1. The number of carbonyl (C=O) groups excluding carboxylic acids is 1. The van der Waals surface area contributed by atoms with Crippen LogP contribution in [-0.2, 0) is 10.9 Å². The number of halogens is 3. The molecular formula is C20H20F3NO2. The Labute approximate surface area is 150 Å². The van der Waals surface area contributed by atoms with Crippen molar-refractivity contribution in [2.45, 2.75) is 25.6 Å². The maximum atomic E-state index is 13.3. The molecule has 3 rings (SSSR count). The van der Waals surface area contributed by atoms with Crippen molar-refractivity contribution in [1.29, 1.82) is 0 Å². The molecule has 3 nitrogen and oxygen atoms in total. The maximum Gasteiger partial charge on any atom is 0.417 e. The van der Waals surface area contributed by atoms with E-state index < -0.39 is 11.7 Å². The zero-order chi connectivity index (χ0) is 18.7. The summed E-state index contributed by atoms with van der Waals surface area (Å²) < 4.78 is 45.4. The lowest BCUT2D eigenvalue weighted by molar-refractivity contribution is -0.137. The Morgan fingerprint density at radius 1 is 1.15 bits per heavy atom. The lowest BCUT2D eigenvalue weighted by Crippen LogP contribution is -2.35. The van der Waals surface area contributed by atoms with Gasteiger partial charge in [0.2, 0.25) is 0 Å². The van der Waals surface area contributed by atoms with Gasteiger partial charge >= 0.3 is 6.18 Å². The second-order valence-corrected chi connectivity index (χ2v) is 6.41. The summed E-state index contributed by atoms with van der Waals surface area (Å²) in [7, 11) is 0. The highest BCUT2D eigenvalue weighted by molar-refractivity contribution is 5.95. The molecule has 1 fully saturated rings. The van der Waals surface area contributed by atoms with Crippen LogP contribution >= 0.6 is 0 Å². The van der Waals surface area contributed by atoms with Gasteiger partial charge in [0.25, 0.3) is 5.91 Å². The zero-order valence-electron chi connectivity index (χ0n) is 14.4. The molecule has 1 atom stereocenters. The fourth-order valence-corrected chi connectivity index (χ4v) is 3.16. The van der Waals surface area contributed by atoms with Gasteiger partial charge in [-0.15, -0.1) is 0 Å². The summed E-state index contributed by atoms with van der Waals surface area (Å²) in [5, 5.41) is 0. The molecule has 1 saturated heterocycles. The van der Waals surface area contributed by atoms with Crippen molar-refractivity contribution < 1.29 is 22.7 Å². The molecule has 0 saturated carbocycles. The van der Waals surface area contributed by atoms with E-state index in [1.165, 1.54) is 18.2 Å². The third-order valence-electron chi connectivity index (χ3n) is 4.39. The van der Waals surface area contributed by atoms with Gasteiger partial charge in [0, 0.05) is 25.3 Å². The Morgan fingerprint density at radius 3 is 2.69 bits per heavy atom. The lowest BCUT2D eigenvalue weighted by atomic mass is 9.97. The van der Waals surface area contributed by atoms with Gasteiger partial charge < -0.3 is 9.64 Å². The van der Waals surface area contributed by atoms with Crippen LogP contribution in [0.1, 0.15) is 29.3 Å². The monoisotopic (exact) mass is 363 g/mol. The van der Waals surface area contributed by atoms with E-state index in [0.717, 1.165) is 12.5 Å². The summed E-state index contributed by atoms with van der Waals surface area (Å²) in [6.07, 6.45) is -3.77. The van der Waals surface area contributed by atoms with Crippen LogP contribution in [0.15, 0.2) is 48.5 Å². The van der Waals surface area contributed by atoms with E-state index in [4.69, 9.17) is 4.74 Å². The second-order valence-electron chi connectivity index (χ2n) is 6.41. The van der Waals surface area contributed by atoms with Crippen LogP contribution in [0.2, 0.25) is 0 Å². The summed E-state index contributed by atoms with van der Waals surface area (Å²) in [6.45, 7) is 3.56. The number of rotatable bonds is 2. The highest BCUT2D eigenvalue weighted by Crippen LogP contribution is 2.37. The maximum absolute atomic E-state index is 13.3. The van der Waals surface area contributed by atoms with Crippen molar-refractivity contribution >= 4 is 5.91 Å². The third-order valence-corrected chi connectivity index (χ3v) is 4.39. The molecule has 0 aliphatic carbocycles. The van der Waals surface area contributed by atoms with Gasteiger partial charge in [-0.25, -0.2) is 0 Å². The molecule has 2 aromatic carbocycles. The van der Waals surface area contributed by atoms with Gasteiger partial charge in [-0.05, 0) is 42.7 Å². The van der Waals surface area contributed by atoms with Gasteiger partial charge in [0.1, 0.15) is 0 Å². The molecule has 1 aliphatic rings. The minimum Gasteiger partial charge on any atom is -0.377 e. The summed E-state index contributed by atoms with van der Waals surface area (Å²) in [5.41, 5.74) is 0.125. The molecule has 0 N–H and O–H groups in total. The SMILES string of the molecule is C[C@@H]1CN(C(=O)c2cccc(-c3ccccc3C(F)(F)F)c2)CCCO1. The van der Waals surface area contributed by atoms with Crippen molar-refractivity contribution in [3.05, 3.63) is 59.7 Å². The molecule has 0 bridgehead atoms. The molecule has 0 aromatic heterocycles. The summed E-state index contributed by atoms with van der Waals surface area (Å²) >= 11 is 0. The Balaban J connectivity index is 1.93. The zero-order valence-corrected chi connectivity index (χ0v) is 14.4. The fraction of sp³-hybridized carbons (Fsp3) is 0.350. The topological polar surface area (TPSA) is 29.5 Å². The highest BCUT2D eigenvalue weighted by atomic mass is 19.4. The number of carbonyl (C=O) groups is 1. The number of alkyl halides is 3. The normalized spacial score (nSPS) is 18.5. The smallest absolute Gasteiger partial charge is 0.377 e. The highest BCUT2D eigenvalue weighted by Gasteiger charge is 2.33. The molecular weight excluding hydrogens is 343 g/mol. The van der Waals surface area contributed by atoms with Crippen molar-refractivity contribution in [2.75, 3.05) is 19.7 Å². The first-order valence-corrected chi connectivity index (χ1v) is 8.54. The number of amides is 1. The summed E-state index contributed by atoms with van der Waals surface area (Å²) in [4.78, 5) is 14.5. The van der Waals surface area contributed by atoms with E-state index in [1.807, 2.05) is 6.92 Å². The van der Waals surface area contributed by atoms with Crippen LogP contribution in [0.5, 0.6) is 0 Å². The first-order chi connectivity index (χ1) is 12.4. The molecule has 6 heteroatoms. The molecule has 138 valence electrons. The molecule has 0 unspecified atom stereocenters. The van der Waals surface area contributed by atoms with Crippen LogP contribution in [0.4, 0.5) is 13.2 Å². The minimum absolute atomic E-state index is 0.0596. The Bertz CT molecular complexity index is 789. The Kier molecular flexibility index (Phi) is 5.32. The van der Waals surface area contributed by atoms with Gasteiger partial charge in [-0.2, -0.15) is 13.2 Å². The summed E-state index contributed by atoms with van der Waals surface area (Å²) in [6, 6.07) is 11.8. The fourth-order valence-electron chi connectivity index (χ4n) is 3.16. The number of hydrogen-bond acceptors (Lipinski definition) is 2. The van der Waals surface area contributed by atoms with Crippen molar-refractivity contribution in [2.24, 2.45) is 0 Å². The predicted octanol–water partition coefficient (Wildman–Crippen LogP) is 4.62. The van der Waals surface area contributed by atoms with Gasteiger partial charge in [-0.1, -0.05) is 30.3 Å². The molecule has 0 radical (unpaired) electrons. The van der Waals surface area contributed by atoms with Crippen LogP contribution in [-0.4, -0.2) is 36.6 Å². The first-order valence-electron chi connectivity index (χ1n) is 8.54. The second kappa shape index (κ2) is 7.50. The molecule has 1 aliphatic heterocycles. The lowest BCUT2D eigenvalue weighted by Gasteiger charge is -2.22. The molecule has 26 heavy (non-hydrogen) atoms. The van der Waals surface area contributed by atoms with E-state index in [9.17, 15) is 18.0 Å². The molecule has 1 heterocycles. The molecule has 1 amide bonds. The first kappa shape index (κ1) is 18.5. The third kappa shape index (κ3) is 4.07. The molecule has 2 aromatic rings. The largest absolute Gasteiger partial charge is 0.417 e. The average molecular weight is 363 g/mol. The van der Waals surface area contributed by atoms with E-state index >= 15 is 0 Å². The quantitative estimate of drug-likeness (QED) is 0.779. The standard InChI is InChI=1S/C20H20F3NO2/c1-14-13-24(10-5-11-26-14)19(25)16-7-4-6-15(12-16)17-8-2-3-9-18(17)20(21,22)23/h2-4,6-9,12,14H,5,10-11,13H2,1H3/t14-/m1/s1. The van der Waals surface area contributed by atoms with Crippen molar-refractivity contribution in [1.82, 2.24) is 4.90 Å². The Hall–Kier alpha value is -2.34. The van der Waals surface area contributed by atoms with Crippen LogP contribution in [0.3, 0.4) is 0 Å². The van der Waals surface area contributed by atoms with Crippen LogP contribution in [0.25, 0.3) is 11.1 Å². The minimum atomic E-state index is -4.45. The number of nitrogens with zero attached hydrogens (tertiary/aromatic N) is 1.